The summed E-state index contributed by atoms with van der Waals surface area (Å²) in [5, 5.41) is 0. The molecule has 0 bridgehead atoms. The van der Waals surface area contributed by atoms with E-state index >= 15 is 0 Å². The molecule has 2 N–H and O–H groups in total. The molecule has 0 amide bonds. The van der Waals surface area contributed by atoms with Gasteiger partial charge in [0.1, 0.15) is 6.04 Å². The van der Waals surface area contributed by atoms with E-state index in [-0.39, 0.29) is 11.5 Å². The van der Waals surface area contributed by atoms with Crippen molar-refractivity contribution in [1.29, 1.82) is 0 Å². The van der Waals surface area contributed by atoms with Gasteiger partial charge in [-0.25, -0.2) is 0 Å². The molecule has 0 saturated carbocycles. The SMILES string of the molecule is CCOC(=O)[C@H](N)[C@](C)(CC)N(C)C. The number of ether oxygens (including phenoxy) is 1. The summed E-state index contributed by atoms with van der Waals surface area (Å²) in [6.07, 6.45) is 0.806. The van der Waals surface area contributed by atoms with Gasteiger partial charge in [-0.3, -0.25) is 4.79 Å². The highest BCUT2D eigenvalue weighted by molar-refractivity contribution is 5.77. The lowest BCUT2D eigenvalue weighted by atomic mass is 9.88. The maximum Gasteiger partial charge on any atom is 0.324 e. The quantitative estimate of drug-likeness (QED) is 0.664. The van der Waals surface area contributed by atoms with Crippen molar-refractivity contribution < 1.29 is 9.53 Å². The van der Waals surface area contributed by atoms with Crippen molar-refractivity contribution in [2.45, 2.75) is 38.8 Å². The molecule has 0 aromatic rings. The van der Waals surface area contributed by atoms with Crippen LogP contribution in [-0.2, 0) is 9.53 Å². The molecule has 0 rings (SSSR count). The average molecular weight is 202 g/mol. The molecule has 84 valence electrons. The van der Waals surface area contributed by atoms with E-state index in [4.69, 9.17) is 10.5 Å². The summed E-state index contributed by atoms with van der Waals surface area (Å²) < 4.78 is 4.91. The largest absolute Gasteiger partial charge is 0.465 e. The van der Waals surface area contributed by atoms with Crippen molar-refractivity contribution >= 4 is 5.97 Å². The zero-order valence-corrected chi connectivity index (χ0v) is 9.83. The van der Waals surface area contributed by atoms with E-state index in [1.165, 1.54) is 0 Å². The fourth-order valence-corrected chi connectivity index (χ4v) is 1.30. The summed E-state index contributed by atoms with van der Waals surface area (Å²) >= 11 is 0. The Morgan fingerprint density at radius 2 is 2.00 bits per heavy atom. The number of likely N-dealkylation sites (N-methyl/N-ethyl adjacent to an activating group) is 1. The molecular formula is C10H22N2O2. The van der Waals surface area contributed by atoms with E-state index in [2.05, 4.69) is 0 Å². The van der Waals surface area contributed by atoms with Gasteiger partial charge in [-0.2, -0.15) is 0 Å². The Bertz CT molecular complexity index is 195. The smallest absolute Gasteiger partial charge is 0.324 e. The minimum absolute atomic E-state index is 0.328. The molecule has 0 spiro atoms. The van der Waals surface area contributed by atoms with Crippen molar-refractivity contribution in [2.75, 3.05) is 20.7 Å². The highest BCUT2D eigenvalue weighted by atomic mass is 16.5. The lowest BCUT2D eigenvalue weighted by Crippen LogP contribution is -2.58. The summed E-state index contributed by atoms with van der Waals surface area (Å²) in [5.41, 5.74) is 5.54. The van der Waals surface area contributed by atoms with E-state index < -0.39 is 6.04 Å². The molecule has 0 fully saturated rings. The van der Waals surface area contributed by atoms with Crippen LogP contribution >= 0.6 is 0 Å². The average Bonchev–Trinajstić information content (AvgIpc) is 2.15. The van der Waals surface area contributed by atoms with E-state index in [9.17, 15) is 4.79 Å². The van der Waals surface area contributed by atoms with Gasteiger partial charge in [0.2, 0.25) is 0 Å². The first-order valence-electron chi connectivity index (χ1n) is 4.99. The summed E-state index contributed by atoms with van der Waals surface area (Å²) in [6.45, 7) is 6.14. The molecule has 0 unspecified atom stereocenters. The third-order valence-corrected chi connectivity index (χ3v) is 2.95. The van der Waals surface area contributed by atoms with E-state index in [0.717, 1.165) is 6.42 Å². The highest BCUT2D eigenvalue weighted by Gasteiger charge is 2.37. The van der Waals surface area contributed by atoms with Crippen LogP contribution in [0.2, 0.25) is 0 Å². The Balaban J connectivity index is 4.60. The summed E-state index contributed by atoms with van der Waals surface area (Å²) in [5.74, 6) is -0.328. The van der Waals surface area contributed by atoms with E-state index in [0.29, 0.717) is 6.61 Å². The fourth-order valence-electron chi connectivity index (χ4n) is 1.30. The van der Waals surface area contributed by atoms with Gasteiger partial charge in [-0.15, -0.1) is 0 Å². The zero-order valence-electron chi connectivity index (χ0n) is 9.83. The fraction of sp³-hybridized carbons (Fsp3) is 0.900. The van der Waals surface area contributed by atoms with Crippen LogP contribution in [0, 0.1) is 0 Å². The summed E-state index contributed by atoms with van der Waals surface area (Å²) in [7, 11) is 3.84. The number of hydrogen-bond acceptors (Lipinski definition) is 4. The third kappa shape index (κ3) is 2.69. The van der Waals surface area contributed by atoms with Gasteiger partial charge < -0.3 is 15.4 Å². The van der Waals surface area contributed by atoms with Crippen LogP contribution in [0.3, 0.4) is 0 Å². The Labute approximate surface area is 86.4 Å². The number of esters is 1. The van der Waals surface area contributed by atoms with Gasteiger partial charge in [0, 0.05) is 5.54 Å². The van der Waals surface area contributed by atoms with E-state index in [1.54, 1.807) is 6.92 Å². The van der Waals surface area contributed by atoms with Gasteiger partial charge >= 0.3 is 5.97 Å². The van der Waals surface area contributed by atoms with Gasteiger partial charge in [-0.05, 0) is 34.4 Å². The number of nitrogens with two attached hydrogens (primary N) is 1. The predicted octanol–water partition coefficient (Wildman–Crippen LogP) is 0.607. The number of carbonyl (C=O) groups is 1. The van der Waals surface area contributed by atoms with Crippen LogP contribution in [0.1, 0.15) is 27.2 Å². The number of rotatable bonds is 5. The van der Waals surface area contributed by atoms with Gasteiger partial charge in [0.15, 0.2) is 0 Å². The first-order chi connectivity index (χ1) is 6.40. The van der Waals surface area contributed by atoms with Crippen molar-refractivity contribution in [3.8, 4) is 0 Å². The second kappa shape index (κ2) is 5.32. The van der Waals surface area contributed by atoms with Gasteiger partial charge in [0.05, 0.1) is 6.61 Å². The number of hydrogen-bond donors (Lipinski definition) is 1. The minimum Gasteiger partial charge on any atom is -0.465 e. The Kier molecular flexibility index (Phi) is 5.08. The van der Waals surface area contributed by atoms with Crippen molar-refractivity contribution in [1.82, 2.24) is 4.90 Å². The number of carbonyl (C=O) groups excluding carboxylic acids is 1. The molecular weight excluding hydrogens is 180 g/mol. The minimum atomic E-state index is -0.595. The first-order valence-corrected chi connectivity index (χ1v) is 4.99. The van der Waals surface area contributed by atoms with Gasteiger partial charge in [-0.1, -0.05) is 6.92 Å². The molecule has 4 heteroatoms. The third-order valence-electron chi connectivity index (χ3n) is 2.95. The van der Waals surface area contributed by atoms with Gasteiger partial charge in [0.25, 0.3) is 0 Å². The Hall–Kier alpha value is -0.610. The molecule has 0 aliphatic rings. The molecule has 0 aliphatic heterocycles. The standard InChI is InChI=1S/C10H22N2O2/c1-6-10(3,12(4)5)8(11)9(13)14-7-2/h8H,6-7,11H2,1-5H3/t8-,10-/m0/s1. The molecule has 0 saturated heterocycles. The van der Waals surface area contributed by atoms with Crippen LogP contribution in [0.4, 0.5) is 0 Å². The molecule has 2 atom stereocenters. The summed E-state index contributed by atoms with van der Waals surface area (Å²) in [6, 6.07) is -0.595. The lowest BCUT2D eigenvalue weighted by molar-refractivity contribution is -0.148. The van der Waals surface area contributed by atoms with Crippen molar-refractivity contribution in [3.63, 3.8) is 0 Å². The first kappa shape index (κ1) is 13.4. The van der Waals surface area contributed by atoms with E-state index in [1.807, 2.05) is 32.8 Å². The van der Waals surface area contributed by atoms with Crippen LogP contribution < -0.4 is 5.73 Å². The van der Waals surface area contributed by atoms with Crippen molar-refractivity contribution in [2.24, 2.45) is 5.73 Å². The van der Waals surface area contributed by atoms with Crippen LogP contribution in [0.5, 0.6) is 0 Å². The van der Waals surface area contributed by atoms with Crippen LogP contribution in [0.15, 0.2) is 0 Å². The Morgan fingerprint density at radius 1 is 1.50 bits per heavy atom. The maximum atomic E-state index is 11.5. The predicted molar refractivity (Wildman–Crippen MR) is 57.0 cm³/mol. The summed E-state index contributed by atoms with van der Waals surface area (Å²) in [4.78, 5) is 13.4. The maximum absolute atomic E-state index is 11.5. The molecule has 14 heavy (non-hydrogen) atoms. The lowest BCUT2D eigenvalue weighted by Gasteiger charge is -2.39. The molecule has 0 aromatic heterocycles. The van der Waals surface area contributed by atoms with Crippen LogP contribution in [0.25, 0.3) is 0 Å². The van der Waals surface area contributed by atoms with Crippen molar-refractivity contribution in [3.05, 3.63) is 0 Å². The monoisotopic (exact) mass is 202 g/mol. The zero-order chi connectivity index (χ0) is 11.4. The normalized spacial score (nSPS) is 17.6. The molecule has 0 aliphatic carbocycles. The highest BCUT2D eigenvalue weighted by Crippen LogP contribution is 2.20. The van der Waals surface area contributed by atoms with Crippen LogP contribution in [-0.4, -0.2) is 43.2 Å². The molecule has 0 heterocycles. The molecule has 0 aromatic carbocycles. The molecule has 4 nitrogen and oxygen atoms in total. The topological polar surface area (TPSA) is 55.6 Å². The number of nitrogens with zero attached hydrogens (tertiary/aromatic N) is 1. The molecule has 0 radical (unpaired) electrons. The Morgan fingerprint density at radius 3 is 2.29 bits per heavy atom. The second-order valence-electron chi connectivity index (χ2n) is 3.83. The second-order valence-corrected chi connectivity index (χ2v) is 3.83.